The average Bonchev–Trinajstić information content (AvgIpc) is 2.36. The highest BCUT2D eigenvalue weighted by Crippen LogP contribution is 2.25. The van der Waals surface area contributed by atoms with E-state index in [1.807, 2.05) is 4.57 Å². The van der Waals surface area contributed by atoms with Gasteiger partial charge in [0.25, 0.3) is 5.56 Å². The summed E-state index contributed by atoms with van der Waals surface area (Å²) in [6.45, 7) is 1.97. The summed E-state index contributed by atoms with van der Waals surface area (Å²) in [6.07, 6.45) is 3.84. The van der Waals surface area contributed by atoms with Crippen molar-refractivity contribution in [3.8, 4) is 0 Å². The van der Waals surface area contributed by atoms with E-state index in [9.17, 15) is 9.59 Å². The molecule has 1 aliphatic heterocycles. The number of aromatic nitrogens is 2. The molecule has 1 fully saturated rings. The monoisotopic (exact) mass is 283 g/mol. The lowest BCUT2D eigenvalue weighted by Crippen LogP contribution is -2.34. The molecular formula is C12H17N3O3S. The van der Waals surface area contributed by atoms with E-state index in [-0.39, 0.29) is 17.4 Å². The van der Waals surface area contributed by atoms with Crippen LogP contribution in [0.2, 0.25) is 0 Å². The first-order valence-electron chi connectivity index (χ1n) is 6.18. The molecule has 7 heteroatoms. The zero-order valence-corrected chi connectivity index (χ0v) is 11.6. The van der Waals surface area contributed by atoms with Gasteiger partial charge in [-0.1, -0.05) is 11.8 Å². The maximum atomic E-state index is 11.3. The first kappa shape index (κ1) is 14.1. The molecule has 1 aliphatic rings. The molecule has 0 spiro atoms. The smallest absolute Gasteiger partial charge is 0.313 e. The number of piperidine rings is 1. The second-order valence-corrected chi connectivity index (χ2v) is 5.64. The molecule has 0 amide bonds. The number of rotatable bonds is 4. The second kappa shape index (κ2) is 6.21. The van der Waals surface area contributed by atoms with Crippen molar-refractivity contribution in [2.24, 2.45) is 0 Å². The molecule has 1 saturated heterocycles. The van der Waals surface area contributed by atoms with Gasteiger partial charge in [-0.3, -0.25) is 9.59 Å². The molecule has 1 unspecified atom stereocenters. The topological polar surface area (TPSA) is 75.4 Å². The van der Waals surface area contributed by atoms with Gasteiger partial charge in [0.1, 0.15) is 0 Å². The van der Waals surface area contributed by atoms with Crippen LogP contribution in [0.4, 0.5) is 0 Å². The van der Waals surface area contributed by atoms with Gasteiger partial charge in [0, 0.05) is 24.8 Å². The molecule has 0 bridgehead atoms. The van der Waals surface area contributed by atoms with E-state index in [0.29, 0.717) is 5.16 Å². The highest BCUT2D eigenvalue weighted by atomic mass is 32.2. The molecule has 104 valence electrons. The van der Waals surface area contributed by atoms with Crippen LogP contribution in [0.15, 0.2) is 22.2 Å². The number of hydrogen-bond donors (Lipinski definition) is 1. The van der Waals surface area contributed by atoms with E-state index in [1.165, 1.54) is 6.07 Å². The van der Waals surface area contributed by atoms with Gasteiger partial charge in [-0.25, -0.2) is 0 Å². The third-order valence-electron chi connectivity index (χ3n) is 3.12. The van der Waals surface area contributed by atoms with Gasteiger partial charge in [0.2, 0.25) is 0 Å². The van der Waals surface area contributed by atoms with Crippen molar-refractivity contribution in [3.63, 3.8) is 0 Å². The zero-order chi connectivity index (χ0) is 13.8. The fourth-order valence-corrected chi connectivity index (χ4v) is 3.04. The molecular weight excluding hydrogens is 266 g/mol. The van der Waals surface area contributed by atoms with Crippen LogP contribution in [0, 0.1) is 0 Å². The zero-order valence-electron chi connectivity index (χ0n) is 10.8. The lowest BCUT2D eigenvalue weighted by atomic mass is 10.1. The highest BCUT2D eigenvalue weighted by molar-refractivity contribution is 7.99. The Balaban J connectivity index is 2.22. The molecule has 1 aromatic rings. The lowest BCUT2D eigenvalue weighted by molar-refractivity contribution is -0.133. The Morgan fingerprint density at radius 2 is 2.42 bits per heavy atom. The van der Waals surface area contributed by atoms with Gasteiger partial charge < -0.3 is 14.6 Å². The molecule has 6 nitrogen and oxygen atoms in total. The minimum absolute atomic E-state index is 0.0843. The summed E-state index contributed by atoms with van der Waals surface area (Å²) in [7, 11) is 2.06. The molecule has 0 saturated carbocycles. The van der Waals surface area contributed by atoms with Gasteiger partial charge in [-0.05, 0) is 26.4 Å². The largest absolute Gasteiger partial charge is 0.481 e. The van der Waals surface area contributed by atoms with Crippen LogP contribution in [0.25, 0.3) is 0 Å². The van der Waals surface area contributed by atoms with Crippen molar-refractivity contribution >= 4 is 17.7 Å². The number of likely N-dealkylation sites (N-methyl/N-ethyl adjacent to an activating group) is 1. The van der Waals surface area contributed by atoms with Gasteiger partial charge in [-0.2, -0.15) is 4.98 Å². The van der Waals surface area contributed by atoms with E-state index >= 15 is 0 Å². The summed E-state index contributed by atoms with van der Waals surface area (Å²) in [4.78, 5) is 28.2. The normalized spacial score (nSPS) is 20.4. The van der Waals surface area contributed by atoms with E-state index < -0.39 is 5.97 Å². The number of thioether (sulfide) groups is 1. The SMILES string of the molecule is CN1CCCC(n2ccc(=O)nc2SCC(=O)O)C1. The fraction of sp³-hybridized carbons (Fsp3) is 0.583. The molecule has 1 atom stereocenters. The average molecular weight is 283 g/mol. The van der Waals surface area contributed by atoms with Gasteiger partial charge in [0.15, 0.2) is 5.16 Å². The van der Waals surface area contributed by atoms with Crippen LogP contribution in [-0.4, -0.2) is 51.4 Å². The second-order valence-electron chi connectivity index (χ2n) is 4.70. The number of likely N-dealkylation sites (tertiary alicyclic amines) is 1. The summed E-state index contributed by atoms with van der Waals surface area (Å²) in [6, 6.07) is 1.68. The number of aliphatic carboxylic acids is 1. The Morgan fingerprint density at radius 3 is 3.11 bits per heavy atom. The Labute approximate surface area is 115 Å². The standard InChI is InChI=1S/C12H17N3O3S/c1-14-5-2-3-9(7-14)15-6-4-10(16)13-12(15)19-8-11(17)18/h4,6,9H,2-3,5,7-8H2,1H3,(H,17,18). The van der Waals surface area contributed by atoms with E-state index in [0.717, 1.165) is 37.7 Å². The predicted octanol–water partition coefficient (Wildman–Crippen LogP) is 0.687. The summed E-state index contributed by atoms with van der Waals surface area (Å²) in [5, 5.41) is 9.24. The molecule has 0 radical (unpaired) electrons. The Bertz CT molecular complexity index is 517. The Hall–Kier alpha value is -1.34. The quantitative estimate of drug-likeness (QED) is 0.647. The summed E-state index contributed by atoms with van der Waals surface area (Å²) in [5.74, 6) is -0.991. The fourth-order valence-electron chi connectivity index (χ4n) is 2.27. The van der Waals surface area contributed by atoms with Crippen LogP contribution in [0.1, 0.15) is 18.9 Å². The van der Waals surface area contributed by atoms with Crippen molar-refractivity contribution in [1.29, 1.82) is 0 Å². The Morgan fingerprint density at radius 1 is 1.63 bits per heavy atom. The summed E-state index contributed by atoms with van der Waals surface area (Å²) in [5.41, 5.74) is -0.326. The van der Waals surface area contributed by atoms with Gasteiger partial charge in [0.05, 0.1) is 5.75 Å². The van der Waals surface area contributed by atoms with Crippen LogP contribution in [0.3, 0.4) is 0 Å². The van der Waals surface area contributed by atoms with Crippen LogP contribution in [-0.2, 0) is 4.79 Å². The highest BCUT2D eigenvalue weighted by Gasteiger charge is 2.21. The molecule has 0 aliphatic carbocycles. The third-order valence-corrected chi connectivity index (χ3v) is 4.07. The van der Waals surface area contributed by atoms with E-state index in [4.69, 9.17) is 5.11 Å². The molecule has 0 aromatic carbocycles. The molecule has 2 heterocycles. The van der Waals surface area contributed by atoms with Crippen molar-refractivity contribution in [2.45, 2.75) is 24.0 Å². The van der Waals surface area contributed by atoms with Crippen LogP contribution < -0.4 is 5.56 Å². The van der Waals surface area contributed by atoms with Crippen molar-refractivity contribution in [2.75, 3.05) is 25.9 Å². The first-order chi connectivity index (χ1) is 9.06. The number of carboxylic acids is 1. The minimum atomic E-state index is -0.907. The number of carboxylic acid groups (broad SMARTS) is 1. The van der Waals surface area contributed by atoms with Crippen molar-refractivity contribution in [3.05, 3.63) is 22.6 Å². The van der Waals surface area contributed by atoms with Crippen LogP contribution >= 0.6 is 11.8 Å². The first-order valence-corrected chi connectivity index (χ1v) is 7.17. The van der Waals surface area contributed by atoms with E-state index in [1.54, 1.807) is 6.20 Å². The number of hydrogen-bond acceptors (Lipinski definition) is 5. The predicted molar refractivity (Wildman–Crippen MR) is 72.6 cm³/mol. The number of carbonyl (C=O) groups is 1. The van der Waals surface area contributed by atoms with Crippen molar-refractivity contribution in [1.82, 2.24) is 14.5 Å². The molecule has 19 heavy (non-hydrogen) atoms. The van der Waals surface area contributed by atoms with Gasteiger partial charge >= 0.3 is 5.97 Å². The maximum Gasteiger partial charge on any atom is 0.313 e. The number of nitrogens with zero attached hydrogens (tertiary/aromatic N) is 3. The molecule has 1 aromatic heterocycles. The van der Waals surface area contributed by atoms with Crippen molar-refractivity contribution < 1.29 is 9.90 Å². The maximum absolute atomic E-state index is 11.3. The third kappa shape index (κ3) is 3.81. The van der Waals surface area contributed by atoms with E-state index in [2.05, 4.69) is 16.9 Å². The molecule has 1 N–H and O–H groups in total. The van der Waals surface area contributed by atoms with Gasteiger partial charge in [-0.15, -0.1) is 0 Å². The Kier molecular flexibility index (Phi) is 4.60. The molecule has 2 rings (SSSR count). The lowest BCUT2D eigenvalue weighted by Gasteiger charge is -2.32. The minimum Gasteiger partial charge on any atom is -0.481 e. The summed E-state index contributed by atoms with van der Waals surface area (Å²) < 4.78 is 1.94. The van der Waals surface area contributed by atoms with Crippen LogP contribution in [0.5, 0.6) is 0 Å². The summed E-state index contributed by atoms with van der Waals surface area (Å²) >= 11 is 1.10.